The van der Waals surface area contributed by atoms with Gasteiger partial charge in [0.25, 0.3) is 5.97 Å². The number of guanidine groups is 1. The van der Waals surface area contributed by atoms with E-state index in [0.717, 1.165) is 35.0 Å². The van der Waals surface area contributed by atoms with E-state index >= 15 is 0 Å². The van der Waals surface area contributed by atoms with Crippen LogP contribution in [0.15, 0.2) is 35.5 Å². The standard InChI is InChI=1S/C13H16N4.C2H4O2/c1-9-11(17-13(14-2)15-3)7-6-10-5-4-8-16-12(9)10;1-2(3)4/h4-8H,1-3H3,(H2,14,15,17);1H3,(H,3,4). The first kappa shape index (κ1) is 16.4. The van der Waals surface area contributed by atoms with Gasteiger partial charge in [0.15, 0.2) is 5.96 Å². The Morgan fingerprint density at radius 1 is 1.33 bits per heavy atom. The normalized spacial score (nSPS) is 10.6. The highest BCUT2D eigenvalue weighted by atomic mass is 16.4. The molecule has 0 saturated carbocycles. The van der Waals surface area contributed by atoms with Crippen molar-refractivity contribution in [3.05, 3.63) is 36.0 Å². The highest BCUT2D eigenvalue weighted by Gasteiger charge is 2.05. The molecule has 0 fully saturated rings. The van der Waals surface area contributed by atoms with Gasteiger partial charge < -0.3 is 15.7 Å². The SMILES string of the molecule is CC(=O)O.CN=C(NC)Nc1ccc2cccnc2c1C. The Morgan fingerprint density at radius 2 is 2.00 bits per heavy atom. The summed E-state index contributed by atoms with van der Waals surface area (Å²) in [6.07, 6.45) is 1.81. The van der Waals surface area contributed by atoms with Crippen LogP contribution in [0.5, 0.6) is 0 Å². The van der Waals surface area contributed by atoms with Gasteiger partial charge in [0.1, 0.15) is 0 Å². The number of hydrogen-bond donors (Lipinski definition) is 3. The van der Waals surface area contributed by atoms with Crippen LogP contribution in [0.2, 0.25) is 0 Å². The summed E-state index contributed by atoms with van der Waals surface area (Å²) >= 11 is 0. The molecule has 1 heterocycles. The Hall–Kier alpha value is -2.63. The Kier molecular flexibility index (Phi) is 6.13. The summed E-state index contributed by atoms with van der Waals surface area (Å²) in [5, 5.41) is 14.8. The number of aliphatic imine (C=N–C) groups is 1. The lowest BCUT2D eigenvalue weighted by atomic mass is 10.1. The molecule has 112 valence electrons. The number of pyridine rings is 1. The zero-order chi connectivity index (χ0) is 15.8. The Morgan fingerprint density at radius 3 is 2.57 bits per heavy atom. The predicted molar refractivity (Wildman–Crippen MR) is 85.8 cm³/mol. The predicted octanol–water partition coefficient (Wildman–Crippen LogP) is 2.25. The summed E-state index contributed by atoms with van der Waals surface area (Å²) in [5.41, 5.74) is 3.16. The number of nitrogens with zero attached hydrogens (tertiary/aromatic N) is 2. The van der Waals surface area contributed by atoms with Crippen LogP contribution in [0.3, 0.4) is 0 Å². The van der Waals surface area contributed by atoms with Gasteiger partial charge in [-0.15, -0.1) is 0 Å². The van der Waals surface area contributed by atoms with Crippen molar-refractivity contribution in [1.29, 1.82) is 0 Å². The van der Waals surface area contributed by atoms with Crippen molar-refractivity contribution >= 4 is 28.5 Å². The molecule has 0 atom stereocenters. The summed E-state index contributed by atoms with van der Waals surface area (Å²) in [4.78, 5) is 17.5. The second-order valence-electron chi connectivity index (χ2n) is 4.28. The average molecular weight is 288 g/mol. The van der Waals surface area contributed by atoms with Gasteiger partial charge >= 0.3 is 0 Å². The third-order valence-corrected chi connectivity index (χ3v) is 2.74. The van der Waals surface area contributed by atoms with Gasteiger partial charge in [-0.05, 0) is 24.6 Å². The molecule has 0 aliphatic rings. The van der Waals surface area contributed by atoms with Crippen molar-refractivity contribution in [2.24, 2.45) is 4.99 Å². The number of rotatable bonds is 1. The van der Waals surface area contributed by atoms with E-state index in [0.29, 0.717) is 0 Å². The minimum absolute atomic E-state index is 0.739. The van der Waals surface area contributed by atoms with Crippen molar-refractivity contribution in [3.8, 4) is 0 Å². The maximum absolute atomic E-state index is 9.00. The summed E-state index contributed by atoms with van der Waals surface area (Å²) in [7, 11) is 3.58. The fraction of sp³-hybridized carbons (Fsp3) is 0.267. The molecule has 6 heteroatoms. The van der Waals surface area contributed by atoms with E-state index in [9.17, 15) is 0 Å². The molecule has 0 saturated heterocycles. The summed E-state index contributed by atoms with van der Waals surface area (Å²) < 4.78 is 0. The zero-order valence-electron chi connectivity index (χ0n) is 12.6. The largest absolute Gasteiger partial charge is 0.481 e. The van der Waals surface area contributed by atoms with E-state index in [1.54, 1.807) is 7.05 Å². The minimum Gasteiger partial charge on any atom is -0.481 e. The quantitative estimate of drug-likeness (QED) is 0.553. The number of carboxylic acids is 1. The lowest BCUT2D eigenvalue weighted by Crippen LogP contribution is -2.27. The zero-order valence-corrected chi connectivity index (χ0v) is 12.6. The molecule has 0 aliphatic heterocycles. The Balaban J connectivity index is 0.000000491. The number of fused-ring (bicyclic) bond motifs is 1. The van der Waals surface area contributed by atoms with Gasteiger partial charge in [-0.25, -0.2) is 0 Å². The highest BCUT2D eigenvalue weighted by molar-refractivity contribution is 5.97. The van der Waals surface area contributed by atoms with E-state index < -0.39 is 5.97 Å². The molecule has 0 aliphatic carbocycles. The lowest BCUT2D eigenvalue weighted by Gasteiger charge is -2.12. The van der Waals surface area contributed by atoms with Crippen LogP contribution >= 0.6 is 0 Å². The van der Waals surface area contributed by atoms with Gasteiger partial charge in [0.05, 0.1) is 5.52 Å². The Labute approximate surface area is 123 Å². The minimum atomic E-state index is -0.833. The number of aryl methyl sites for hydroxylation is 1. The number of aromatic nitrogens is 1. The Bertz CT molecular complexity index is 649. The van der Waals surface area contributed by atoms with E-state index in [1.165, 1.54) is 0 Å². The molecule has 0 unspecified atom stereocenters. The molecular formula is C15H20N4O2. The first-order chi connectivity index (χ1) is 9.99. The molecule has 3 N–H and O–H groups in total. The van der Waals surface area contributed by atoms with Crippen LogP contribution in [0.1, 0.15) is 12.5 Å². The first-order valence-electron chi connectivity index (χ1n) is 6.45. The molecule has 21 heavy (non-hydrogen) atoms. The highest BCUT2D eigenvalue weighted by Crippen LogP contribution is 2.23. The number of anilines is 1. The van der Waals surface area contributed by atoms with E-state index in [2.05, 4.69) is 39.7 Å². The monoisotopic (exact) mass is 288 g/mol. The molecule has 1 aromatic carbocycles. The summed E-state index contributed by atoms with van der Waals surface area (Å²) in [6.45, 7) is 3.14. The van der Waals surface area contributed by atoms with Crippen molar-refractivity contribution in [3.63, 3.8) is 0 Å². The number of carbonyl (C=O) groups is 1. The van der Waals surface area contributed by atoms with Gasteiger partial charge in [0.2, 0.25) is 0 Å². The van der Waals surface area contributed by atoms with Gasteiger partial charge in [-0.1, -0.05) is 12.1 Å². The van der Waals surface area contributed by atoms with Crippen molar-refractivity contribution in [2.45, 2.75) is 13.8 Å². The smallest absolute Gasteiger partial charge is 0.300 e. The first-order valence-corrected chi connectivity index (χ1v) is 6.45. The fourth-order valence-corrected chi connectivity index (χ4v) is 1.78. The van der Waals surface area contributed by atoms with E-state index in [1.807, 2.05) is 25.4 Å². The molecule has 0 radical (unpaired) electrons. The van der Waals surface area contributed by atoms with Crippen molar-refractivity contribution in [1.82, 2.24) is 10.3 Å². The average Bonchev–Trinajstić information content (AvgIpc) is 2.46. The van der Waals surface area contributed by atoms with Crippen LogP contribution < -0.4 is 10.6 Å². The molecule has 0 spiro atoms. The molecule has 1 aromatic heterocycles. The van der Waals surface area contributed by atoms with Crippen LogP contribution in [0.4, 0.5) is 5.69 Å². The van der Waals surface area contributed by atoms with E-state index in [-0.39, 0.29) is 0 Å². The van der Waals surface area contributed by atoms with Gasteiger partial charge in [0, 0.05) is 38.3 Å². The van der Waals surface area contributed by atoms with Crippen LogP contribution in [0, 0.1) is 6.92 Å². The van der Waals surface area contributed by atoms with Crippen molar-refractivity contribution in [2.75, 3.05) is 19.4 Å². The van der Waals surface area contributed by atoms with Crippen LogP contribution in [-0.4, -0.2) is 36.1 Å². The maximum Gasteiger partial charge on any atom is 0.300 e. The maximum atomic E-state index is 9.00. The number of benzene rings is 1. The molecule has 0 amide bonds. The fourth-order valence-electron chi connectivity index (χ4n) is 1.78. The third kappa shape index (κ3) is 4.76. The molecule has 2 rings (SSSR count). The third-order valence-electron chi connectivity index (χ3n) is 2.74. The second kappa shape index (κ2) is 7.84. The number of aliphatic carboxylic acids is 1. The molecular weight excluding hydrogens is 268 g/mol. The molecule has 0 bridgehead atoms. The lowest BCUT2D eigenvalue weighted by molar-refractivity contribution is -0.134. The van der Waals surface area contributed by atoms with E-state index in [4.69, 9.17) is 9.90 Å². The number of hydrogen-bond acceptors (Lipinski definition) is 3. The number of nitrogens with one attached hydrogen (secondary N) is 2. The van der Waals surface area contributed by atoms with Crippen LogP contribution in [0.25, 0.3) is 10.9 Å². The topological polar surface area (TPSA) is 86.6 Å². The molecule has 2 aromatic rings. The van der Waals surface area contributed by atoms with Gasteiger partial charge in [-0.2, -0.15) is 0 Å². The molecule has 6 nitrogen and oxygen atoms in total. The van der Waals surface area contributed by atoms with Crippen LogP contribution in [-0.2, 0) is 4.79 Å². The summed E-state index contributed by atoms with van der Waals surface area (Å²) in [5.74, 6) is -0.0941. The number of carboxylic acid groups (broad SMARTS) is 1. The second-order valence-corrected chi connectivity index (χ2v) is 4.28. The van der Waals surface area contributed by atoms with Crippen molar-refractivity contribution < 1.29 is 9.90 Å². The summed E-state index contributed by atoms with van der Waals surface area (Å²) in [6, 6.07) is 8.11. The van der Waals surface area contributed by atoms with Gasteiger partial charge in [-0.3, -0.25) is 14.8 Å².